The fourth-order valence-corrected chi connectivity index (χ4v) is 1.74. The first-order valence-electron chi connectivity index (χ1n) is 5.28. The van der Waals surface area contributed by atoms with Crippen LogP contribution in [-0.2, 0) is 4.79 Å². The fourth-order valence-electron chi connectivity index (χ4n) is 1.74. The molecule has 0 saturated heterocycles. The van der Waals surface area contributed by atoms with Crippen LogP contribution in [0.3, 0.4) is 0 Å². The third kappa shape index (κ3) is 1.73. The Morgan fingerprint density at radius 2 is 2.24 bits per heavy atom. The first-order chi connectivity index (χ1) is 8.34. The fraction of sp³-hybridized carbons (Fsp3) is 0.182. The molecule has 1 aliphatic heterocycles. The Morgan fingerprint density at radius 1 is 1.29 bits per heavy atom. The summed E-state index contributed by atoms with van der Waals surface area (Å²) in [6.45, 7) is 0. The van der Waals surface area contributed by atoms with Crippen molar-refractivity contribution in [2.75, 3.05) is 5.01 Å². The van der Waals surface area contributed by atoms with E-state index < -0.39 is 0 Å². The molecular weight excluding hydrogens is 218 g/mol. The van der Waals surface area contributed by atoms with Crippen LogP contribution >= 0.6 is 0 Å². The highest BCUT2D eigenvalue weighted by Gasteiger charge is 2.17. The molecule has 84 valence electrons. The second-order valence-corrected chi connectivity index (χ2v) is 3.72. The first kappa shape index (κ1) is 9.83. The monoisotopic (exact) mass is 227 g/mol. The number of hydrogen-bond acceptors (Lipinski definition) is 5. The number of rotatable bonds is 1. The number of fused-ring (bicyclic) bond motifs is 1. The minimum atomic E-state index is 0.00169. The smallest absolute Gasteiger partial charge is 0.247 e. The Morgan fingerprint density at radius 3 is 3.12 bits per heavy atom. The molecular formula is C11H9N5O. The third-order valence-electron chi connectivity index (χ3n) is 2.58. The summed E-state index contributed by atoms with van der Waals surface area (Å²) < 4.78 is 0. The van der Waals surface area contributed by atoms with Crippen LogP contribution < -0.4 is 5.01 Å². The molecule has 1 amide bonds. The van der Waals surface area contributed by atoms with Crippen molar-refractivity contribution in [2.45, 2.75) is 12.8 Å². The van der Waals surface area contributed by atoms with Gasteiger partial charge < -0.3 is 0 Å². The van der Waals surface area contributed by atoms with Crippen LogP contribution in [0.25, 0.3) is 10.9 Å². The van der Waals surface area contributed by atoms with Crippen LogP contribution in [0, 0.1) is 0 Å². The molecule has 0 saturated carbocycles. The molecule has 0 atom stereocenters. The van der Waals surface area contributed by atoms with Gasteiger partial charge in [0.25, 0.3) is 0 Å². The Bertz CT molecular complexity index is 610. The number of anilines is 1. The van der Waals surface area contributed by atoms with E-state index in [-0.39, 0.29) is 5.91 Å². The van der Waals surface area contributed by atoms with Gasteiger partial charge in [-0.1, -0.05) is 0 Å². The molecule has 1 aromatic carbocycles. The van der Waals surface area contributed by atoms with Gasteiger partial charge in [-0.25, -0.2) is 5.01 Å². The normalized spacial score (nSPS) is 15.5. The van der Waals surface area contributed by atoms with Crippen molar-refractivity contribution in [1.29, 1.82) is 0 Å². The standard InChI is InChI=1S/C11H9N5O/c17-11-2-1-5-13-16(11)9-3-4-10-8(6-9)7-12-15-14-10/h3-7H,1-2H2. The summed E-state index contributed by atoms with van der Waals surface area (Å²) in [6.07, 6.45) is 4.56. The minimum absolute atomic E-state index is 0.00169. The summed E-state index contributed by atoms with van der Waals surface area (Å²) in [4.78, 5) is 11.7. The van der Waals surface area contributed by atoms with Gasteiger partial charge in [0.2, 0.25) is 5.91 Å². The van der Waals surface area contributed by atoms with Crippen molar-refractivity contribution >= 4 is 28.7 Å². The molecule has 2 heterocycles. The first-order valence-corrected chi connectivity index (χ1v) is 5.28. The van der Waals surface area contributed by atoms with E-state index >= 15 is 0 Å². The predicted molar refractivity (Wildman–Crippen MR) is 62.5 cm³/mol. The molecule has 0 spiro atoms. The van der Waals surface area contributed by atoms with Crippen molar-refractivity contribution in [1.82, 2.24) is 15.4 Å². The van der Waals surface area contributed by atoms with E-state index in [2.05, 4.69) is 20.5 Å². The van der Waals surface area contributed by atoms with Crippen molar-refractivity contribution < 1.29 is 4.79 Å². The van der Waals surface area contributed by atoms with Crippen LogP contribution in [0.2, 0.25) is 0 Å². The zero-order valence-electron chi connectivity index (χ0n) is 8.95. The van der Waals surface area contributed by atoms with E-state index in [9.17, 15) is 4.79 Å². The molecule has 2 aromatic rings. The minimum Gasteiger partial charge on any atom is -0.273 e. The van der Waals surface area contributed by atoms with Crippen LogP contribution in [0.1, 0.15) is 12.8 Å². The molecule has 0 unspecified atom stereocenters. The average Bonchev–Trinajstić information content (AvgIpc) is 2.39. The van der Waals surface area contributed by atoms with Gasteiger partial charge in [-0.3, -0.25) is 4.79 Å². The lowest BCUT2D eigenvalue weighted by molar-refractivity contribution is -0.118. The molecule has 17 heavy (non-hydrogen) atoms. The van der Waals surface area contributed by atoms with Crippen LogP contribution in [0.4, 0.5) is 5.69 Å². The lowest BCUT2D eigenvalue weighted by atomic mass is 10.2. The quantitative estimate of drug-likeness (QED) is 0.732. The highest BCUT2D eigenvalue weighted by Crippen LogP contribution is 2.22. The number of aromatic nitrogens is 3. The molecule has 0 fully saturated rings. The maximum Gasteiger partial charge on any atom is 0.247 e. The number of carbonyl (C=O) groups excluding carboxylic acids is 1. The third-order valence-corrected chi connectivity index (χ3v) is 2.58. The second kappa shape index (κ2) is 3.89. The SMILES string of the molecule is O=C1CCC=NN1c1ccc2nnncc2c1. The van der Waals surface area contributed by atoms with E-state index in [1.165, 1.54) is 5.01 Å². The van der Waals surface area contributed by atoms with Crippen molar-refractivity contribution in [3.8, 4) is 0 Å². The van der Waals surface area contributed by atoms with Gasteiger partial charge >= 0.3 is 0 Å². The van der Waals surface area contributed by atoms with Crippen LogP contribution in [0.5, 0.6) is 0 Å². The molecule has 0 N–H and O–H groups in total. The number of nitrogens with zero attached hydrogens (tertiary/aromatic N) is 5. The molecule has 0 radical (unpaired) electrons. The van der Waals surface area contributed by atoms with Crippen LogP contribution in [0.15, 0.2) is 29.5 Å². The largest absolute Gasteiger partial charge is 0.273 e. The number of hydrogen-bond donors (Lipinski definition) is 0. The highest BCUT2D eigenvalue weighted by atomic mass is 16.2. The number of carbonyl (C=O) groups is 1. The lowest BCUT2D eigenvalue weighted by Crippen LogP contribution is -2.28. The summed E-state index contributed by atoms with van der Waals surface area (Å²) in [5.74, 6) is 0.00169. The van der Waals surface area contributed by atoms with Crippen molar-refractivity contribution in [2.24, 2.45) is 5.10 Å². The summed E-state index contributed by atoms with van der Waals surface area (Å²) in [5.41, 5.74) is 1.48. The summed E-state index contributed by atoms with van der Waals surface area (Å²) in [7, 11) is 0. The van der Waals surface area contributed by atoms with E-state index in [0.717, 1.165) is 16.6 Å². The molecule has 1 aromatic heterocycles. The summed E-state index contributed by atoms with van der Waals surface area (Å²) in [5, 5.41) is 17.5. The van der Waals surface area contributed by atoms with Gasteiger partial charge in [0.05, 0.1) is 17.4 Å². The molecule has 6 heteroatoms. The molecule has 3 rings (SSSR count). The van der Waals surface area contributed by atoms with E-state index in [4.69, 9.17) is 0 Å². The Labute approximate surface area is 96.9 Å². The Hall–Kier alpha value is -2.37. The second-order valence-electron chi connectivity index (χ2n) is 3.72. The molecule has 1 aliphatic rings. The van der Waals surface area contributed by atoms with Crippen molar-refractivity contribution in [3.05, 3.63) is 24.4 Å². The van der Waals surface area contributed by atoms with Crippen LogP contribution in [-0.4, -0.2) is 27.5 Å². The molecule has 0 aliphatic carbocycles. The van der Waals surface area contributed by atoms with Gasteiger partial charge in [-0.2, -0.15) is 5.10 Å². The van der Waals surface area contributed by atoms with Gasteiger partial charge in [-0.05, 0) is 29.8 Å². The zero-order chi connectivity index (χ0) is 11.7. The van der Waals surface area contributed by atoms with Gasteiger partial charge in [0.15, 0.2) is 0 Å². The molecule has 6 nitrogen and oxygen atoms in total. The topological polar surface area (TPSA) is 71.3 Å². The highest BCUT2D eigenvalue weighted by molar-refractivity contribution is 5.98. The number of hydrazone groups is 1. The number of amides is 1. The van der Waals surface area contributed by atoms with Gasteiger partial charge in [0.1, 0.15) is 0 Å². The Kier molecular flexibility index (Phi) is 2.25. The predicted octanol–water partition coefficient (Wildman–Crippen LogP) is 1.14. The van der Waals surface area contributed by atoms with E-state index in [0.29, 0.717) is 12.8 Å². The van der Waals surface area contributed by atoms with E-state index in [1.54, 1.807) is 24.5 Å². The maximum atomic E-state index is 11.7. The lowest BCUT2D eigenvalue weighted by Gasteiger charge is -2.19. The zero-order valence-corrected chi connectivity index (χ0v) is 8.95. The summed E-state index contributed by atoms with van der Waals surface area (Å²) in [6, 6.07) is 5.44. The molecule has 0 bridgehead atoms. The maximum absolute atomic E-state index is 11.7. The summed E-state index contributed by atoms with van der Waals surface area (Å²) >= 11 is 0. The average molecular weight is 227 g/mol. The number of benzene rings is 1. The van der Waals surface area contributed by atoms with Gasteiger partial charge in [-0.15, -0.1) is 10.2 Å². The Balaban J connectivity index is 2.08. The van der Waals surface area contributed by atoms with E-state index in [1.807, 2.05) is 6.07 Å². The van der Waals surface area contributed by atoms with Crippen molar-refractivity contribution in [3.63, 3.8) is 0 Å². The van der Waals surface area contributed by atoms with Gasteiger partial charge in [0, 0.05) is 18.0 Å².